The van der Waals surface area contributed by atoms with E-state index in [0.29, 0.717) is 12.5 Å². The van der Waals surface area contributed by atoms with Crippen molar-refractivity contribution < 1.29 is 5.21 Å². The van der Waals surface area contributed by atoms with E-state index in [0.717, 1.165) is 23.6 Å². The summed E-state index contributed by atoms with van der Waals surface area (Å²) in [6.45, 7) is 5.82. The summed E-state index contributed by atoms with van der Waals surface area (Å²) in [7, 11) is 0. The predicted octanol–water partition coefficient (Wildman–Crippen LogP) is 2.64. The van der Waals surface area contributed by atoms with Crippen LogP contribution in [-0.4, -0.2) is 33.5 Å². The van der Waals surface area contributed by atoms with Gasteiger partial charge in [0.15, 0.2) is 0 Å². The van der Waals surface area contributed by atoms with Crippen LogP contribution < -0.4 is 5.73 Å². The van der Waals surface area contributed by atoms with Crippen LogP contribution in [0.5, 0.6) is 0 Å². The van der Waals surface area contributed by atoms with Crippen molar-refractivity contribution in [1.82, 2.24) is 9.88 Å². The Morgan fingerprint density at radius 3 is 2.85 bits per heavy atom. The summed E-state index contributed by atoms with van der Waals surface area (Å²) in [6.07, 6.45) is 0.555. The number of thiazole rings is 1. The Balaban J connectivity index is 2.07. The molecule has 0 aliphatic carbocycles. The number of hydrogen-bond acceptors (Lipinski definition) is 5. The molecule has 0 aliphatic rings. The molecule has 108 valence electrons. The van der Waals surface area contributed by atoms with Gasteiger partial charge in [-0.3, -0.25) is 4.90 Å². The van der Waals surface area contributed by atoms with Gasteiger partial charge in [-0.15, -0.1) is 11.3 Å². The van der Waals surface area contributed by atoms with Gasteiger partial charge in [0.05, 0.1) is 16.8 Å². The summed E-state index contributed by atoms with van der Waals surface area (Å²) in [5, 5.41) is 12.7. The number of rotatable bonds is 6. The van der Waals surface area contributed by atoms with E-state index in [4.69, 9.17) is 10.9 Å². The van der Waals surface area contributed by atoms with Gasteiger partial charge in [-0.2, -0.15) is 0 Å². The largest absolute Gasteiger partial charge is 0.409 e. The summed E-state index contributed by atoms with van der Waals surface area (Å²) >= 11 is 1.72. The third kappa shape index (κ3) is 3.68. The number of aromatic nitrogens is 1. The lowest BCUT2D eigenvalue weighted by molar-refractivity contribution is 0.217. The molecule has 5 nitrogen and oxygen atoms in total. The third-order valence-corrected chi connectivity index (χ3v) is 4.21. The Hall–Kier alpha value is -1.66. The number of hydrogen-bond donors (Lipinski definition) is 2. The number of amidine groups is 1. The van der Waals surface area contributed by atoms with Crippen LogP contribution in [0.2, 0.25) is 0 Å². The lowest BCUT2D eigenvalue weighted by Gasteiger charge is -2.25. The van der Waals surface area contributed by atoms with Crippen molar-refractivity contribution in [2.45, 2.75) is 32.9 Å². The normalized spacial score (nSPS) is 12.7. The third-order valence-electron chi connectivity index (χ3n) is 3.19. The maximum absolute atomic E-state index is 8.61. The molecule has 0 aliphatic heterocycles. The highest BCUT2D eigenvalue weighted by Gasteiger charge is 2.13. The van der Waals surface area contributed by atoms with Crippen molar-refractivity contribution >= 4 is 27.4 Å². The topological polar surface area (TPSA) is 74.7 Å². The van der Waals surface area contributed by atoms with Gasteiger partial charge in [-0.05, 0) is 26.0 Å². The van der Waals surface area contributed by atoms with E-state index in [1.165, 1.54) is 4.70 Å². The lowest BCUT2D eigenvalue weighted by Crippen LogP contribution is -2.33. The Bertz CT molecular complexity index is 561. The summed E-state index contributed by atoms with van der Waals surface area (Å²) < 4.78 is 1.21. The van der Waals surface area contributed by atoms with Crippen molar-refractivity contribution in [3.05, 3.63) is 29.3 Å². The average molecular weight is 292 g/mol. The van der Waals surface area contributed by atoms with Crippen LogP contribution in [0.1, 0.15) is 25.3 Å². The molecule has 20 heavy (non-hydrogen) atoms. The molecular formula is C14H20N4OS. The standard InChI is InChI=1S/C14H20N4OS/c1-10(2)18(8-7-13(15)17-19)9-14-16-11-5-3-4-6-12(11)20-14/h3-6,10,19H,7-9H2,1-2H3,(H2,15,17). The Morgan fingerprint density at radius 2 is 2.20 bits per heavy atom. The molecule has 6 heteroatoms. The Morgan fingerprint density at radius 1 is 1.45 bits per heavy atom. The second-order valence-corrected chi connectivity index (χ2v) is 6.10. The Kier molecular flexibility index (Phi) is 4.92. The number of nitrogens with two attached hydrogens (primary N) is 1. The number of benzene rings is 1. The molecule has 0 saturated carbocycles. The van der Waals surface area contributed by atoms with Crippen molar-refractivity contribution in [2.24, 2.45) is 10.9 Å². The zero-order valence-electron chi connectivity index (χ0n) is 11.8. The first-order valence-electron chi connectivity index (χ1n) is 6.65. The maximum Gasteiger partial charge on any atom is 0.140 e. The van der Waals surface area contributed by atoms with Crippen LogP contribution in [-0.2, 0) is 6.54 Å². The highest BCUT2D eigenvalue weighted by molar-refractivity contribution is 7.18. The highest BCUT2D eigenvalue weighted by atomic mass is 32.1. The first-order valence-corrected chi connectivity index (χ1v) is 7.46. The van der Waals surface area contributed by atoms with Crippen molar-refractivity contribution in [3.63, 3.8) is 0 Å². The van der Waals surface area contributed by atoms with Crippen molar-refractivity contribution in [1.29, 1.82) is 0 Å². The predicted molar refractivity (Wildman–Crippen MR) is 83.2 cm³/mol. The average Bonchev–Trinajstić information content (AvgIpc) is 2.84. The first-order chi connectivity index (χ1) is 9.60. The van der Waals surface area contributed by atoms with Crippen molar-refractivity contribution in [2.75, 3.05) is 6.54 Å². The number of para-hydroxylation sites is 1. The second kappa shape index (κ2) is 6.67. The summed E-state index contributed by atoms with van der Waals surface area (Å²) in [6, 6.07) is 8.54. The molecule has 2 aromatic rings. The Labute approximate surface area is 122 Å². The van der Waals surface area contributed by atoms with E-state index in [-0.39, 0.29) is 5.84 Å². The molecule has 0 amide bonds. The first kappa shape index (κ1) is 14.7. The molecule has 0 atom stereocenters. The number of fused-ring (bicyclic) bond motifs is 1. The molecule has 3 N–H and O–H groups in total. The van der Waals surface area contributed by atoms with Crippen LogP contribution in [0.25, 0.3) is 10.2 Å². The molecule has 1 heterocycles. The minimum absolute atomic E-state index is 0.264. The smallest absolute Gasteiger partial charge is 0.140 e. The minimum atomic E-state index is 0.264. The molecule has 0 spiro atoms. The molecule has 0 unspecified atom stereocenters. The monoisotopic (exact) mass is 292 g/mol. The zero-order chi connectivity index (χ0) is 14.5. The fourth-order valence-electron chi connectivity index (χ4n) is 1.99. The minimum Gasteiger partial charge on any atom is -0.409 e. The van der Waals surface area contributed by atoms with E-state index >= 15 is 0 Å². The van der Waals surface area contributed by atoms with Gasteiger partial charge in [-0.1, -0.05) is 17.3 Å². The zero-order valence-corrected chi connectivity index (χ0v) is 12.6. The summed E-state index contributed by atoms with van der Waals surface area (Å²) in [4.78, 5) is 6.92. The van der Waals surface area contributed by atoms with E-state index < -0.39 is 0 Å². The van der Waals surface area contributed by atoms with Gasteiger partial charge < -0.3 is 10.9 Å². The lowest BCUT2D eigenvalue weighted by atomic mass is 10.2. The van der Waals surface area contributed by atoms with Gasteiger partial charge in [0, 0.05) is 19.0 Å². The van der Waals surface area contributed by atoms with Crippen molar-refractivity contribution in [3.8, 4) is 0 Å². The van der Waals surface area contributed by atoms with Crippen LogP contribution in [0.4, 0.5) is 0 Å². The fourth-order valence-corrected chi connectivity index (χ4v) is 2.98. The molecule has 1 aromatic carbocycles. The molecule has 0 fully saturated rings. The molecule has 1 aromatic heterocycles. The van der Waals surface area contributed by atoms with Crippen LogP contribution in [0.15, 0.2) is 29.4 Å². The van der Waals surface area contributed by atoms with Gasteiger partial charge >= 0.3 is 0 Å². The van der Waals surface area contributed by atoms with Gasteiger partial charge in [0.1, 0.15) is 10.8 Å². The molecule has 2 rings (SSSR count). The molecule has 0 bridgehead atoms. The number of oxime groups is 1. The van der Waals surface area contributed by atoms with Gasteiger partial charge in [0.25, 0.3) is 0 Å². The van der Waals surface area contributed by atoms with E-state index in [2.05, 4.69) is 35.0 Å². The van der Waals surface area contributed by atoms with E-state index in [1.54, 1.807) is 11.3 Å². The molecule has 0 saturated heterocycles. The van der Waals surface area contributed by atoms with E-state index in [9.17, 15) is 0 Å². The van der Waals surface area contributed by atoms with Crippen LogP contribution in [0, 0.1) is 0 Å². The highest BCUT2D eigenvalue weighted by Crippen LogP contribution is 2.23. The van der Waals surface area contributed by atoms with Crippen LogP contribution >= 0.6 is 11.3 Å². The second-order valence-electron chi connectivity index (χ2n) is 4.98. The molecular weight excluding hydrogens is 272 g/mol. The van der Waals surface area contributed by atoms with Crippen LogP contribution in [0.3, 0.4) is 0 Å². The maximum atomic E-state index is 8.61. The fraction of sp³-hybridized carbons (Fsp3) is 0.429. The van der Waals surface area contributed by atoms with Gasteiger partial charge in [0.2, 0.25) is 0 Å². The van der Waals surface area contributed by atoms with E-state index in [1.807, 2.05) is 18.2 Å². The molecule has 0 radical (unpaired) electrons. The summed E-state index contributed by atoms with van der Waals surface area (Å²) in [5.74, 6) is 0.264. The number of nitrogens with zero attached hydrogens (tertiary/aromatic N) is 3. The quantitative estimate of drug-likeness (QED) is 0.371. The SMILES string of the molecule is CC(C)N(CC/C(N)=N/O)Cc1nc2ccccc2s1. The summed E-state index contributed by atoms with van der Waals surface area (Å²) in [5.41, 5.74) is 6.59. The van der Waals surface area contributed by atoms with Gasteiger partial charge in [-0.25, -0.2) is 4.98 Å².